The molecular weight excluding hydrogens is 320 g/mol. The Morgan fingerprint density at radius 1 is 1.20 bits per heavy atom. The lowest BCUT2D eigenvalue weighted by Gasteiger charge is -2.03. The lowest BCUT2D eigenvalue weighted by Crippen LogP contribution is -1.91. The molecule has 0 aliphatic heterocycles. The number of anilines is 1. The van der Waals surface area contributed by atoms with Crippen LogP contribution in [0.4, 0.5) is 5.69 Å². The van der Waals surface area contributed by atoms with Crippen LogP contribution in [0.2, 0.25) is 0 Å². The minimum absolute atomic E-state index is 0.477. The molecule has 1 N–H and O–H groups in total. The van der Waals surface area contributed by atoms with Crippen LogP contribution in [0.15, 0.2) is 51.7 Å². The van der Waals surface area contributed by atoms with Crippen LogP contribution in [0.3, 0.4) is 0 Å². The largest absolute Gasteiger partial charge is 0.387 e. The summed E-state index contributed by atoms with van der Waals surface area (Å²) < 4.78 is 6.22. The highest BCUT2D eigenvalue weighted by Gasteiger charge is 2.13. The van der Waals surface area contributed by atoms with Crippen molar-refractivity contribution in [2.24, 2.45) is 0 Å². The maximum Gasteiger partial charge on any atom is 0.260 e. The van der Waals surface area contributed by atoms with Crippen molar-refractivity contribution in [2.75, 3.05) is 12.4 Å². The molecule has 0 aliphatic carbocycles. The summed E-state index contributed by atoms with van der Waals surface area (Å²) in [6.07, 6.45) is 3.41. The van der Waals surface area contributed by atoms with Crippen molar-refractivity contribution in [1.29, 1.82) is 0 Å². The van der Waals surface area contributed by atoms with E-state index in [0.717, 1.165) is 21.3 Å². The van der Waals surface area contributed by atoms with E-state index in [1.165, 1.54) is 0 Å². The van der Waals surface area contributed by atoms with Gasteiger partial charge >= 0.3 is 0 Å². The summed E-state index contributed by atoms with van der Waals surface area (Å²) in [6.45, 7) is 0. The monoisotopic (exact) mass is 330 g/mol. The second kappa shape index (κ2) is 5.42. The Morgan fingerprint density at radius 3 is 2.85 bits per heavy atom. The van der Waals surface area contributed by atoms with Crippen molar-refractivity contribution >= 4 is 21.6 Å². The van der Waals surface area contributed by atoms with Crippen molar-refractivity contribution in [2.45, 2.75) is 0 Å². The van der Waals surface area contributed by atoms with E-state index in [4.69, 9.17) is 4.52 Å². The molecule has 3 rings (SSSR count). The van der Waals surface area contributed by atoms with Crippen molar-refractivity contribution in [3.05, 3.63) is 47.2 Å². The first-order valence-corrected chi connectivity index (χ1v) is 6.79. The van der Waals surface area contributed by atoms with Gasteiger partial charge in [-0.3, -0.25) is 4.98 Å². The van der Waals surface area contributed by atoms with Crippen LogP contribution in [0, 0.1) is 0 Å². The molecule has 0 saturated heterocycles. The van der Waals surface area contributed by atoms with Gasteiger partial charge in [0.15, 0.2) is 0 Å². The second-order valence-corrected chi connectivity index (χ2v) is 5.03. The van der Waals surface area contributed by atoms with Crippen LogP contribution < -0.4 is 5.32 Å². The first kappa shape index (κ1) is 12.8. The molecule has 100 valence electrons. The maximum absolute atomic E-state index is 5.34. The normalized spacial score (nSPS) is 10.5. The number of nitrogens with one attached hydrogen (secondary N) is 1. The van der Waals surface area contributed by atoms with Crippen LogP contribution in [0.25, 0.3) is 22.8 Å². The number of para-hydroxylation sites is 1. The molecule has 6 heteroatoms. The zero-order valence-electron chi connectivity index (χ0n) is 10.7. The third-order valence-electron chi connectivity index (χ3n) is 2.82. The average Bonchev–Trinajstić information content (AvgIpc) is 2.97. The van der Waals surface area contributed by atoms with E-state index >= 15 is 0 Å². The molecule has 0 spiro atoms. The predicted octanol–water partition coefficient (Wildman–Crippen LogP) is 3.60. The number of pyridine rings is 1. The fourth-order valence-electron chi connectivity index (χ4n) is 1.87. The number of hydrogen-bond donors (Lipinski definition) is 1. The molecule has 0 unspecified atom stereocenters. The minimum Gasteiger partial charge on any atom is -0.387 e. The zero-order chi connectivity index (χ0) is 13.9. The Morgan fingerprint density at radius 2 is 2.05 bits per heavy atom. The summed E-state index contributed by atoms with van der Waals surface area (Å²) >= 11 is 3.38. The van der Waals surface area contributed by atoms with E-state index in [0.29, 0.717) is 11.7 Å². The highest BCUT2D eigenvalue weighted by Crippen LogP contribution is 2.28. The molecule has 2 heterocycles. The summed E-state index contributed by atoms with van der Waals surface area (Å²) in [7, 11) is 1.86. The van der Waals surface area contributed by atoms with E-state index in [1.54, 1.807) is 12.4 Å². The predicted molar refractivity (Wildman–Crippen MR) is 80.2 cm³/mol. The average molecular weight is 331 g/mol. The molecule has 5 nitrogen and oxygen atoms in total. The van der Waals surface area contributed by atoms with E-state index in [-0.39, 0.29) is 0 Å². The molecule has 0 amide bonds. The van der Waals surface area contributed by atoms with Crippen LogP contribution in [-0.2, 0) is 0 Å². The molecule has 0 saturated carbocycles. The number of halogens is 1. The van der Waals surface area contributed by atoms with Crippen molar-refractivity contribution in [1.82, 2.24) is 15.1 Å². The molecular formula is C14H11BrN4O. The smallest absolute Gasteiger partial charge is 0.260 e. The molecule has 3 aromatic rings. The maximum atomic E-state index is 5.34. The van der Waals surface area contributed by atoms with Crippen LogP contribution >= 0.6 is 15.9 Å². The van der Waals surface area contributed by atoms with E-state index in [2.05, 4.69) is 36.4 Å². The van der Waals surface area contributed by atoms with E-state index in [9.17, 15) is 0 Å². The molecule has 0 bridgehead atoms. The molecule has 0 radical (unpaired) electrons. The van der Waals surface area contributed by atoms with Crippen LogP contribution in [0.1, 0.15) is 0 Å². The fourth-order valence-corrected chi connectivity index (χ4v) is 2.24. The van der Waals surface area contributed by atoms with Crippen molar-refractivity contribution < 1.29 is 4.52 Å². The summed E-state index contributed by atoms with van der Waals surface area (Å²) in [5.41, 5.74) is 2.61. The number of rotatable bonds is 3. The van der Waals surface area contributed by atoms with Gasteiger partial charge in [0.25, 0.3) is 5.89 Å². The van der Waals surface area contributed by atoms with Gasteiger partial charge in [-0.15, -0.1) is 0 Å². The molecule has 0 aliphatic rings. The first-order valence-electron chi connectivity index (χ1n) is 5.99. The number of hydrogen-bond acceptors (Lipinski definition) is 5. The van der Waals surface area contributed by atoms with Crippen molar-refractivity contribution in [3.63, 3.8) is 0 Å². The SMILES string of the molecule is CNc1ccccc1-c1nc(-c2cncc(Br)c2)no1. The Balaban J connectivity index is 2.02. The third-order valence-corrected chi connectivity index (χ3v) is 3.25. The lowest BCUT2D eigenvalue weighted by molar-refractivity contribution is 0.432. The van der Waals surface area contributed by atoms with Gasteiger partial charge in [0.1, 0.15) is 0 Å². The molecule has 20 heavy (non-hydrogen) atoms. The topological polar surface area (TPSA) is 63.8 Å². The Hall–Kier alpha value is -2.21. The summed E-state index contributed by atoms with van der Waals surface area (Å²) in [5.74, 6) is 0.990. The Labute approximate surface area is 124 Å². The van der Waals surface area contributed by atoms with Gasteiger partial charge < -0.3 is 9.84 Å². The summed E-state index contributed by atoms with van der Waals surface area (Å²) in [6, 6.07) is 9.67. The van der Waals surface area contributed by atoms with Gasteiger partial charge in [0.2, 0.25) is 5.82 Å². The Bertz CT molecular complexity index is 741. The van der Waals surface area contributed by atoms with Crippen LogP contribution in [-0.4, -0.2) is 22.2 Å². The fraction of sp³-hybridized carbons (Fsp3) is 0.0714. The second-order valence-electron chi connectivity index (χ2n) is 4.11. The number of nitrogens with zero attached hydrogens (tertiary/aromatic N) is 3. The van der Waals surface area contributed by atoms with Crippen LogP contribution in [0.5, 0.6) is 0 Å². The molecule has 0 atom stereocenters. The quantitative estimate of drug-likeness (QED) is 0.794. The Kier molecular flexibility index (Phi) is 3.47. The third kappa shape index (κ3) is 2.42. The molecule has 2 aromatic heterocycles. The highest BCUT2D eigenvalue weighted by molar-refractivity contribution is 9.10. The van der Waals surface area contributed by atoms with E-state index in [1.807, 2.05) is 37.4 Å². The van der Waals surface area contributed by atoms with E-state index < -0.39 is 0 Å². The van der Waals surface area contributed by atoms with Gasteiger partial charge in [-0.05, 0) is 34.1 Å². The van der Waals surface area contributed by atoms with Gasteiger partial charge in [-0.25, -0.2) is 0 Å². The summed E-state index contributed by atoms with van der Waals surface area (Å²) in [5, 5.41) is 7.11. The zero-order valence-corrected chi connectivity index (χ0v) is 12.3. The standard InChI is InChI=1S/C14H11BrN4O/c1-16-12-5-3-2-4-11(12)14-18-13(19-20-14)9-6-10(15)8-17-7-9/h2-8,16H,1H3. The van der Waals surface area contributed by atoms with Crippen molar-refractivity contribution in [3.8, 4) is 22.8 Å². The van der Waals surface area contributed by atoms with Gasteiger partial charge in [-0.2, -0.15) is 4.98 Å². The summed E-state index contributed by atoms with van der Waals surface area (Å²) in [4.78, 5) is 8.52. The molecule has 1 aromatic carbocycles. The van der Waals surface area contributed by atoms with Gasteiger partial charge in [0, 0.05) is 35.2 Å². The first-order chi connectivity index (χ1) is 9.78. The number of benzene rings is 1. The minimum atomic E-state index is 0.477. The lowest BCUT2D eigenvalue weighted by atomic mass is 10.2. The highest BCUT2D eigenvalue weighted by atomic mass is 79.9. The van der Waals surface area contributed by atoms with Gasteiger partial charge in [0.05, 0.1) is 5.56 Å². The number of aromatic nitrogens is 3. The van der Waals surface area contributed by atoms with Gasteiger partial charge in [-0.1, -0.05) is 17.3 Å². The molecule has 0 fully saturated rings.